The van der Waals surface area contributed by atoms with Gasteiger partial charge in [0.2, 0.25) is 0 Å². The summed E-state index contributed by atoms with van der Waals surface area (Å²) < 4.78 is 36.3. The van der Waals surface area contributed by atoms with Gasteiger partial charge >= 0.3 is 17.1 Å². The molecule has 0 N–H and O–H groups in total. The second-order valence-corrected chi connectivity index (χ2v) is 19.5. The Kier molecular flexibility index (Phi) is 7.22. The van der Waals surface area contributed by atoms with E-state index in [1.807, 2.05) is 0 Å². The van der Waals surface area contributed by atoms with Gasteiger partial charge in [-0.2, -0.15) is 0 Å². The van der Waals surface area contributed by atoms with E-state index in [-0.39, 0.29) is 15.6 Å². The van der Waals surface area contributed by atoms with Gasteiger partial charge in [0.05, 0.1) is 19.4 Å². The Balaban J connectivity index is 2.00. The minimum absolute atomic E-state index is 0.0149. The predicted octanol–water partition coefficient (Wildman–Crippen LogP) is 0.501. The lowest BCUT2D eigenvalue weighted by atomic mass is 10.5. The third kappa shape index (κ3) is 6.39. The Hall–Kier alpha value is 0.844. The normalized spacial score (nSPS) is 43.2. The molecule has 0 aromatic heterocycles. The van der Waals surface area contributed by atoms with E-state index in [1.54, 1.807) is 0 Å². The van der Waals surface area contributed by atoms with Crippen LogP contribution in [0.1, 0.15) is 0 Å². The molecule has 2 aliphatic heterocycles. The fourth-order valence-electron chi connectivity index (χ4n) is 2.74. The molecule has 0 aromatic carbocycles. The maximum Gasteiger partial charge on any atom is 0.343 e. The van der Waals surface area contributed by atoms with Crippen molar-refractivity contribution in [1.82, 2.24) is 0 Å². The zero-order valence-electron chi connectivity index (χ0n) is 14.4. The molecule has 2 fully saturated rings. The Labute approximate surface area is 141 Å². The van der Waals surface area contributed by atoms with Gasteiger partial charge in [-0.3, -0.25) is 0 Å². The molecule has 11 heteroatoms. The van der Waals surface area contributed by atoms with Gasteiger partial charge in [-0.1, -0.05) is 12.6 Å². The SMILES string of the molecule is C[SiH2]CC[Si]1(C)O[SiH](C)O[SiH](C)O[Si](C)(COCC2CO2)O1. The average Bonchev–Trinajstić information content (AvgIpc) is 3.18. The van der Waals surface area contributed by atoms with Gasteiger partial charge in [0.25, 0.3) is 18.6 Å². The molecule has 0 radical (unpaired) electrons. The van der Waals surface area contributed by atoms with E-state index in [0.29, 0.717) is 12.8 Å². The van der Waals surface area contributed by atoms with E-state index < -0.39 is 35.7 Å². The predicted molar refractivity (Wildman–Crippen MR) is 98.2 cm³/mol. The summed E-state index contributed by atoms with van der Waals surface area (Å²) in [7, 11) is -7.93. The van der Waals surface area contributed by atoms with Crippen LogP contribution in [0, 0.1) is 0 Å². The topological polar surface area (TPSA) is 58.7 Å². The standard InChI is InChI=1S/C11H30O6Si5/c1-18-6-7-21(4)15-19(2)14-20(3)16-22(5,17-21)10-12-8-11-9-13-11/h11,19-20H,6-10,18H2,1-5H3. The fourth-order valence-corrected chi connectivity index (χ4v) is 22.7. The molecule has 0 amide bonds. The van der Waals surface area contributed by atoms with Crippen LogP contribution in [0.4, 0.5) is 0 Å². The third-order valence-corrected chi connectivity index (χ3v) is 20.6. The number of rotatable bonds is 7. The van der Waals surface area contributed by atoms with E-state index in [0.717, 1.165) is 12.7 Å². The molecule has 2 heterocycles. The van der Waals surface area contributed by atoms with Gasteiger partial charge in [-0.15, -0.1) is 0 Å². The molecule has 0 bridgehead atoms. The summed E-state index contributed by atoms with van der Waals surface area (Å²) in [5, 5.41) is 0. The van der Waals surface area contributed by atoms with Gasteiger partial charge in [0, 0.05) is 9.52 Å². The van der Waals surface area contributed by atoms with Crippen LogP contribution in [0.5, 0.6) is 0 Å². The highest BCUT2D eigenvalue weighted by Gasteiger charge is 2.47. The molecular formula is C11H30O6Si5. The number of ether oxygens (including phenoxy) is 2. The van der Waals surface area contributed by atoms with Gasteiger partial charge in [-0.05, 0) is 32.2 Å². The van der Waals surface area contributed by atoms with Crippen molar-refractivity contribution in [3.8, 4) is 0 Å². The molecule has 5 atom stereocenters. The van der Waals surface area contributed by atoms with Gasteiger partial charge in [0.1, 0.15) is 6.10 Å². The van der Waals surface area contributed by atoms with Crippen LogP contribution in [-0.2, 0) is 25.9 Å². The second kappa shape index (κ2) is 8.29. The average molecular weight is 399 g/mol. The quantitative estimate of drug-likeness (QED) is 0.460. The minimum atomic E-state index is -2.40. The lowest BCUT2D eigenvalue weighted by Crippen LogP contribution is -2.61. The van der Waals surface area contributed by atoms with Crippen LogP contribution in [0.25, 0.3) is 0 Å². The summed E-state index contributed by atoms with van der Waals surface area (Å²) in [6, 6.07) is 2.32. The second-order valence-electron chi connectivity index (χ2n) is 6.45. The minimum Gasteiger partial charge on any atom is -0.420 e. The molecule has 0 aromatic rings. The van der Waals surface area contributed by atoms with Crippen molar-refractivity contribution in [3.63, 3.8) is 0 Å². The summed E-state index contributed by atoms with van der Waals surface area (Å²) in [4.78, 5) is 0. The van der Waals surface area contributed by atoms with Crippen LogP contribution in [0.15, 0.2) is 0 Å². The van der Waals surface area contributed by atoms with Crippen molar-refractivity contribution in [2.75, 3.05) is 19.4 Å². The first kappa shape index (κ1) is 19.2. The van der Waals surface area contributed by atoms with Crippen LogP contribution < -0.4 is 0 Å². The molecular weight excluding hydrogens is 369 g/mol. The first-order valence-corrected chi connectivity index (χ1v) is 19.9. The van der Waals surface area contributed by atoms with Crippen molar-refractivity contribution in [1.29, 1.82) is 0 Å². The molecule has 2 saturated heterocycles. The molecule has 22 heavy (non-hydrogen) atoms. The van der Waals surface area contributed by atoms with E-state index in [2.05, 4.69) is 32.7 Å². The van der Waals surface area contributed by atoms with Crippen LogP contribution in [-0.4, -0.2) is 70.8 Å². The maximum atomic E-state index is 6.59. The smallest absolute Gasteiger partial charge is 0.343 e. The molecule has 2 rings (SSSR count). The summed E-state index contributed by atoms with van der Waals surface area (Å²) in [6.45, 7) is 12.2. The fraction of sp³-hybridized carbons (Fsp3) is 1.00. The van der Waals surface area contributed by atoms with Crippen molar-refractivity contribution in [2.24, 2.45) is 0 Å². The maximum absolute atomic E-state index is 6.59. The number of hydrogen-bond donors (Lipinski definition) is 0. The van der Waals surface area contributed by atoms with Gasteiger partial charge in [-0.25, -0.2) is 0 Å². The van der Waals surface area contributed by atoms with E-state index in [1.165, 1.54) is 6.04 Å². The van der Waals surface area contributed by atoms with E-state index >= 15 is 0 Å². The van der Waals surface area contributed by atoms with Gasteiger partial charge < -0.3 is 25.9 Å². The summed E-state index contributed by atoms with van der Waals surface area (Å²) in [5.41, 5.74) is 0. The summed E-state index contributed by atoms with van der Waals surface area (Å²) >= 11 is 0. The van der Waals surface area contributed by atoms with Gasteiger partial charge in [0.15, 0.2) is 0 Å². The number of epoxide rings is 1. The lowest BCUT2D eigenvalue weighted by molar-refractivity contribution is 0.124. The monoisotopic (exact) mass is 398 g/mol. The highest BCUT2D eigenvalue weighted by molar-refractivity contribution is 6.87. The first-order valence-electron chi connectivity index (χ1n) is 8.25. The van der Waals surface area contributed by atoms with E-state index in [4.69, 9.17) is 25.9 Å². The zero-order valence-corrected chi connectivity index (χ0v) is 20.1. The van der Waals surface area contributed by atoms with E-state index in [9.17, 15) is 0 Å². The molecule has 0 aliphatic carbocycles. The Morgan fingerprint density at radius 3 is 2.41 bits per heavy atom. The summed E-state index contributed by atoms with van der Waals surface area (Å²) in [5.74, 6) is 0. The molecule has 6 nitrogen and oxygen atoms in total. The number of hydrogen-bond acceptors (Lipinski definition) is 6. The molecule has 0 saturated carbocycles. The summed E-state index contributed by atoms with van der Waals surface area (Å²) in [6.07, 6.45) is 0.814. The van der Waals surface area contributed by atoms with Crippen molar-refractivity contribution in [3.05, 3.63) is 0 Å². The third-order valence-electron chi connectivity index (χ3n) is 3.70. The zero-order chi connectivity index (χ0) is 16.2. The highest BCUT2D eigenvalue weighted by atomic mass is 28.5. The van der Waals surface area contributed by atoms with Crippen molar-refractivity contribution < 1.29 is 25.9 Å². The highest BCUT2D eigenvalue weighted by Crippen LogP contribution is 2.27. The Bertz CT molecular complexity index is 362. The molecule has 130 valence electrons. The molecule has 0 spiro atoms. The molecule has 2 aliphatic rings. The van der Waals surface area contributed by atoms with Crippen molar-refractivity contribution >= 4 is 45.2 Å². The van der Waals surface area contributed by atoms with Crippen LogP contribution >= 0.6 is 0 Å². The largest absolute Gasteiger partial charge is 0.420 e. The van der Waals surface area contributed by atoms with Crippen LogP contribution in [0.2, 0.25) is 44.8 Å². The Morgan fingerprint density at radius 1 is 1.18 bits per heavy atom. The lowest BCUT2D eigenvalue weighted by Gasteiger charge is -2.42. The van der Waals surface area contributed by atoms with Crippen molar-refractivity contribution in [2.45, 2.75) is 50.9 Å². The van der Waals surface area contributed by atoms with Crippen LogP contribution in [0.3, 0.4) is 0 Å². The molecule has 5 unspecified atom stereocenters. The first-order chi connectivity index (χ1) is 10.3. The Morgan fingerprint density at radius 2 is 1.82 bits per heavy atom.